The quantitative estimate of drug-likeness (QED) is 0.761. The van der Waals surface area contributed by atoms with Crippen molar-refractivity contribution in [3.8, 4) is 5.75 Å². The third-order valence-electron chi connectivity index (χ3n) is 3.94. The summed E-state index contributed by atoms with van der Waals surface area (Å²) in [4.78, 5) is 14.3. The van der Waals surface area contributed by atoms with E-state index in [0.29, 0.717) is 6.61 Å². The van der Waals surface area contributed by atoms with E-state index in [0.717, 1.165) is 42.8 Å². The van der Waals surface area contributed by atoms with Crippen LogP contribution in [-0.4, -0.2) is 30.5 Å². The van der Waals surface area contributed by atoms with Crippen LogP contribution < -0.4 is 4.74 Å². The van der Waals surface area contributed by atoms with E-state index < -0.39 is 0 Å². The molecule has 0 spiro atoms. The molecular weight excluding hydrogens is 226 g/mol. The van der Waals surface area contributed by atoms with Crippen molar-refractivity contribution in [1.82, 2.24) is 4.90 Å². The molecule has 0 aromatic heterocycles. The number of rotatable bonds is 1. The predicted octanol–water partition coefficient (Wildman–Crippen LogP) is 2.59. The Hall–Kier alpha value is -1.51. The first kappa shape index (κ1) is 11.6. The van der Waals surface area contributed by atoms with Gasteiger partial charge >= 0.3 is 0 Å². The van der Waals surface area contributed by atoms with Crippen molar-refractivity contribution < 1.29 is 9.53 Å². The van der Waals surface area contributed by atoms with E-state index in [9.17, 15) is 4.79 Å². The molecule has 2 aliphatic rings. The Kier molecular flexibility index (Phi) is 2.58. The Morgan fingerprint density at radius 3 is 2.72 bits per heavy atom. The summed E-state index contributed by atoms with van der Waals surface area (Å²) >= 11 is 0. The van der Waals surface area contributed by atoms with Gasteiger partial charge in [-0.15, -0.1) is 0 Å². The summed E-state index contributed by atoms with van der Waals surface area (Å²) in [6.45, 7) is 6.81. The minimum absolute atomic E-state index is 0.0105. The molecule has 18 heavy (non-hydrogen) atoms. The van der Waals surface area contributed by atoms with E-state index in [2.05, 4.69) is 13.8 Å². The predicted molar refractivity (Wildman–Crippen MR) is 70.1 cm³/mol. The largest absolute Gasteiger partial charge is 0.492 e. The lowest BCUT2D eigenvalue weighted by atomic mass is 9.86. The Balaban J connectivity index is 1.92. The normalized spacial score (nSPS) is 20.7. The second kappa shape index (κ2) is 4.01. The molecule has 1 aromatic rings. The molecule has 1 amide bonds. The number of ether oxygens (including phenoxy) is 1. The molecule has 96 valence electrons. The van der Waals surface area contributed by atoms with Gasteiger partial charge in [0.1, 0.15) is 5.75 Å². The summed E-state index contributed by atoms with van der Waals surface area (Å²) < 4.78 is 5.65. The van der Waals surface area contributed by atoms with Crippen LogP contribution in [0.1, 0.15) is 42.6 Å². The van der Waals surface area contributed by atoms with Crippen LogP contribution in [0.4, 0.5) is 0 Å². The van der Waals surface area contributed by atoms with Crippen LogP contribution in [0.3, 0.4) is 0 Å². The summed E-state index contributed by atoms with van der Waals surface area (Å²) in [7, 11) is 0. The second-order valence-corrected chi connectivity index (χ2v) is 5.88. The average Bonchev–Trinajstić information content (AvgIpc) is 2.97. The minimum atomic E-state index is 0.0105. The highest BCUT2D eigenvalue weighted by Gasteiger charge is 2.32. The van der Waals surface area contributed by atoms with E-state index in [1.807, 2.05) is 23.1 Å². The summed E-state index contributed by atoms with van der Waals surface area (Å²) in [6, 6.07) is 5.84. The van der Waals surface area contributed by atoms with Gasteiger partial charge in [0.2, 0.25) is 0 Å². The van der Waals surface area contributed by atoms with Gasteiger partial charge in [0.25, 0.3) is 5.91 Å². The molecule has 3 heteroatoms. The Labute approximate surface area is 108 Å². The molecule has 2 heterocycles. The molecule has 1 fully saturated rings. The number of nitrogens with zero attached hydrogens (tertiary/aromatic N) is 1. The zero-order valence-corrected chi connectivity index (χ0v) is 11.0. The van der Waals surface area contributed by atoms with E-state index >= 15 is 0 Å². The Morgan fingerprint density at radius 2 is 2.00 bits per heavy atom. The molecule has 2 aliphatic heterocycles. The highest BCUT2D eigenvalue weighted by atomic mass is 16.5. The standard InChI is InChI=1S/C15H19NO2/c1-15(2)10-18-13-6-5-11(9-12(13)15)14(17)16-7-3-4-8-16/h5-6,9H,3-4,7-8,10H2,1-2H3. The molecule has 0 atom stereocenters. The summed E-state index contributed by atoms with van der Waals surface area (Å²) in [5.41, 5.74) is 1.97. The van der Waals surface area contributed by atoms with Gasteiger partial charge in [0.15, 0.2) is 0 Å². The molecule has 0 radical (unpaired) electrons. The first-order valence-electron chi connectivity index (χ1n) is 6.64. The van der Waals surface area contributed by atoms with Crippen molar-refractivity contribution in [1.29, 1.82) is 0 Å². The van der Waals surface area contributed by atoms with Crippen LogP contribution in [0.2, 0.25) is 0 Å². The molecule has 0 aliphatic carbocycles. The molecule has 0 bridgehead atoms. The summed E-state index contributed by atoms with van der Waals surface area (Å²) in [6.07, 6.45) is 2.26. The zero-order chi connectivity index (χ0) is 12.8. The van der Waals surface area contributed by atoms with Gasteiger partial charge in [-0.2, -0.15) is 0 Å². The molecule has 0 N–H and O–H groups in total. The van der Waals surface area contributed by atoms with Crippen LogP contribution in [0.15, 0.2) is 18.2 Å². The van der Waals surface area contributed by atoms with Crippen LogP contribution >= 0.6 is 0 Å². The number of fused-ring (bicyclic) bond motifs is 1. The number of amides is 1. The lowest BCUT2D eigenvalue weighted by molar-refractivity contribution is 0.0792. The first-order chi connectivity index (χ1) is 8.58. The van der Waals surface area contributed by atoms with Gasteiger partial charge in [-0.05, 0) is 31.0 Å². The average molecular weight is 245 g/mol. The van der Waals surface area contributed by atoms with Gasteiger partial charge in [-0.25, -0.2) is 0 Å². The molecule has 3 nitrogen and oxygen atoms in total. The van der Waals surface area contributed by atoms with Crippen LogP contribution in [0, 0.1) is 0 Å². The maximum absolute atomic E-state index is 12.3. The van der Waals surface area contributed by atoms with Crippen molar-refractivity contribution in [2.24, 2.45) is 0 Å². The highest BCUT2D eigenvalue weighted by molar-refractivity contribution is 5.95. The molecule has 1 saturated heterocycles. The second-order valence-electron chi connectivity index (χ2n) is 5.88. The topological polar surface area (TPSA) is 29.5 Å². The number of likely N-dealkylation sites (tertiary alicyclic amines) is 1. The van der Waals surface area contributed by atoms with E-state index in [1.54, 1.807) is 0 Å². The summed E-state index contributed by atoms with van der Waals surface area (Å²) in [5, 5.41) is 0. The van der Waals surface area contributed by atoms with Gasteiger partial charge in [-0.1, -0.05) is 13.8 Å². The number of carbonyl (C=O) groups excluding carboxylic acids is 1. The van der Waals surface area contributed by atoms with E-state index in [-0.39, 0.29) is 11.3 Å². The highest BCUT2D eigenvalue weighted by Crippen LogP contribution is 2.38. The minimum Gasteiger partial charge on any atom is -0.492 e. The van der Waals surface area contributed by atoms with Gasteiger partial charge in [0.05, 0.1) is 6.61 Å². The van der Waals surface area contributed by atoms with Crippen LogP contribution in [0.25, 0.3) is 0 Å². The number of carbonyl (C=O) groups is 1. The van der Waals surface area contributed by atoms with E-state index in [1.165, 1.54) is 0 Å². The lowest BCUT2D eigenvalue weighted by Gasteiger charge is -2.18. The fourth-order valence-corrected chi connectivity index (χ4v) is 2.76. The van der Waals surface area contributed by atoms with Crippen molar-refractivity contribution >= 4 is 5.91 Å². The van der Waals surface area contributed by atoms with Crippen LogP contribution in [-0.2, 0) is 5.41 Å². The monoisotopic (exact) mass is 245 g/mol. The fourth-order valence-electron chi connectivity index (χ4n) is 2.76. The van der Waals surface area contributed by atoms with E-state index in [4.69, 9.17) is 4.74 Å². The zero-order valence-electron chi connectivity index (χ0n) is 11.0. The van der Waals surface area contributed by atoms with Crippen molar-refractivity contribution in [2.45, 2.75) is 32.1 Å². The number of hydrogen-bond donors (Lipinski definition) is 0. The summed E-state index contributed by atoms with van der Waals surface area (Å²) in [5.74, 6) is 1.09. The molecule has 0 saturated carbocycles. The first-order valence-corrected chi connectivity index (χ1v) is 6.64. The molecule has 3 rings (SSSR count). The van der Waals surface area contributed by atoms with Gasteiger partial charge < -0.3 is 9.64 Å². The van der Waals surface area contributed by atoms with Gasteiger partial charge in [0, 0.05) is 29.6 Å². The number of hydrogen-bond acceptors (Lipinski definition) is 2. The van der Waals surface area contributed by atoms with Crippen molar-refractivity contribution in [2.75, 3.05) is 19.7 Å². The molecule has 1 aromatic carbocycles. The molecule has 0 unspecified atom stereocenters. The number of benzene rings is 1. The maximum Gasteiger partial charge on any atom is 0.253 e. The lowest BCUT2D eigenvalue weighted by Crippen LogP contribution is -2.28. The third kappa shape index (κ3) is 1.78. The SMILES string of the molecule is CC1(C)COc2ccc(C(=O)N3CCCC3)cc21. The maximum atomic E-state index is 12.3. The molecular formula is C15H19NO2. The smallest absolute Gasteiger partial charge is 0.253 e. The fraction of sp³-hybridized carbons (Fsp3) is 0.533. The third-order valence-corrected chi connectivity index (χ3v) is 3.94. The Bertz CT molecular complexity index is 487. The Morgan fingerprint density at radius 1 is 1.28 bits per heavy atom. The van der Waals surface area contributed by atoms with Crippen molar-refractivity contribution in [3.63, 3.8) is 0 Å². The van der Waals surface area contributed by atoms with Gasteiger partial charge in [-0.3, -0.25) is 4.79 Å². The van der Waals surface area contributed by atoms with Crippen LogP contribution in [0.5, 0.6) is 5.75 Å². The van der Waals surface area contributed by atoms with Crippen molar-refractivity contribution in [3.05, 3.63) is 29.3 Å².